The molecule has 1 heterocycles. The van der Waals surface area contributed by atoms with Gasteiger partial charge in [0.1, 0.15) is 5.56 Å². The highest BCUT2D eigenvalue weighted by Gasteiger charge is 2.18. The molecule has 74 valence electrons. The molecule has 0 aliphatic carbocycles. The van der Waals surface area contributed by atoms with Gasteiger partial charge in [0.25, 0.3) is 0 Å². The summed E-state index contributed by atoms with van der Waals surface area (Å²) in [6, 6.07) is 2.41. The van der Waals surface area contributed by atoms with Crippen molar-refractivity contribution in [2.75, 3.05) is 7.11 Å². The Hall–Kier alpha value is -1.50. The van der Waals surface area contributed by atoms with Crippen molar-refractivity contribution in [2.45, 2.75) is 0 Å². The highest BCUT2D eigenvalue weighted by Crippen LogP contribution is 2.18. The molecular weight excluding hydrogens is 256 g/mol. The average Bonchev–Trinajstić information content (AvgIpc) is 2.16. The number of aromatic nitrogens is 1. The summed E-state index contributed by atoms with van der Waals surface area (Å²) in [5.74, 6) is -0.927. The Kier molecular flexibility index (Phi) is 3.13. The first-order valence-corrected chi connectivity index (χ1v) is 4.25. The molecule has 7 heteroatoms. The molecule has 0 aliphatic rings. The summed E-state index contributed by atoms with van der Waals surface area (Å²) in [4.78, 5) is 24.3. The van der Waals surface area contributed by atoms with Crippen molar-refractivity contribution in [2.24, 2.45) is 0 Å². The van der Waals surface area contributed by atoms with Crippen molar-refractivity contribution in [3.05, 3.63) is 32.4 Å². The van der Waals surface area contributed by atoms with Gasteiger partial charge in [-0.15, -0.1) is 0 Å². The maximum absolute atomic E-state index is 11.1. The van der Waals surface area contributed by atoms with Gasteiger partial charge in [-0.05, 0) is 16.0 Å². The van der Waals surface area contributed by atoms with Crippen molar-refractivity contribution < 1.29 is 14.5 Å². The Bertz CT molecular complexity index is 393. The summed E-state index contributed by atoms with van der Waals surface area (Å²) in [5, 5.41) is 10.3. The second-order valence-electron chi connectivity index (χ2n) is 2.26. The van der Waals surface area contributed by atoms with E-state index in [1.807, 2.05) is 0 Å². The third kappa shape index (κ3) is 2.05. The fraction of sp³-hybridized carbons (Fsp3) is 0.143. The molecule has 0 bridgehead atoms. The van der Waals surface area contributed by atoms with Crippen LogP contribution in [0.1, 0.15) is 10.4 Å². The van der Waals surface area contributed by atoms with E-state index in [4.69, 9.17) is 0 Å². The zero-order valence-electron chi connectivity index (χ0n) is 7.06. The van der Waals surface area contributed by atoms with Gasteiger partial charge in [0.15, 0.2) is 0 Å². The third-order valence-electron chi connectivity index (χ3n) is 1.43. The molecule has 0 fully saturated rings. The molecule has 0 spiro atoms. The molecule has 6 nitrogen and oxygen atoms in total. The van der Waals surface area contributed by atoms with Gasteiger partial charge < -0.3 is 14.9 Å². The molecule has 1 rings (SSSR count). The van der Waals surface area contributed by atoms with Gasteiger partial charge in [-0.2, -0.15) is 0 Å². The van der Waals surface area contributed by atoms with Gasteiger partial charge >= 0.3 is 11.8 Å². The number of pyridine rings is 1. The number of hydrogen-bond donors (Lipinski definition) is 0. The van der Waals surface area contributed by atoms with Crippen molar-refractivity contribution in [1.29, 1.82) is 0 Å². The molecule has 0 aliphatic heterocycles. The number of methoxy groups -OCH3 is 1. The zero-order valence-corrected chi connectivity index (χ0v) is 8.65. The van der Waals surface area contributed by atoms with E-state index in [2.05, 4.69) is 25.7 Å². The van der Waals surface area contributed by atoms with Crippen molar-refractivity contribution in [1.82, 2.24) is 4.98 Å². The molecule has 0 saturated carbocycles. The quantitative estimate of drug-likeness (QED) is 0.349. The highest BCUT2D eigenvalue weighted by atomic mass is 79.9. The van der Waals surface area contributed by atoms with E-state index in [1.165, 1.54) is 13.2 Å². The van der Waals surface area contributed by atoms with Gasteiger partial charge in [0.05, 0.1) is 7.11 Å². The first-order chi connectivity index (χ1) is 6.56. The smallest absolute Gasteiger partial charge is 0.364 e. The van der Waals surface area contributed by atoms with Gasteiger partial charge in [-0.1, -0.05) is 0 Å². The monoisotopic (exact) mass is 260 g/mol. The first kappa shape index (κ1) is 10.6. The van der Waals surface area contributed by atoms with Crippen LogP contribution in [0.3, 0.4) is 0 Å². The predicted molar refractivity (Wildman–Crippen MR) is 49.9 cm³/mol. The van der Waals surface area contributed by atoms with E-state index in [9.17, 15) is 14.9 Å². The van der Waals surface area contributed by atoms with E-state index in [1.54, 1.807) is 0 Å². The van der Waals surface area contributed by atoms with Crippen LogP contribution in [0.5, 0.6) is 0 Å². The molecule has 0 saturated heterocycles. The number of ether oxygens (including phenoxy) is 1. The van der Waals surface area contributed by atoms with Crippen LogP contribution >= 0.6 is 15.9 Å². The van der Waals surface area contributed by atoms with E-state index in [0.29, 0.717) is 0 Å². The number of nitrogens with zero attached hydrogens (tertiary/aromatic N) is 2. The van der Waals surface area contributed by atoms with Crippen molar-refractivity contribution in [3.8, 4) is 0 Å². The fourth-order valence-corrected chi connectivity index (χ4v) is 1.26. The summed E-state index contributed by atoms with van der Waals surface area (Å²) in [6.07, 6.45) is 0. The lowest BCUT2D eigenvalue weighted by Crippen LogP contribution is -2.04. The lowest BCUT2D eigenvalue weighted by molar-refractivity contribution is -0.389. The Morgan fingerprint density at radius 1 is 1.64 bits per heavy atom. The molecule has 0 N–H and O–H groups in total. The third-order valence-corrected chi connectivity index (χ3v) is 2.03. The number of rotatable bonds is 2. The van der Waals surface area contributed by atoms with E-state index in [-0.39, 0.29) is 16.0 Å². The van der Waals surface area contributed by atoms with E-state index >= 15 is 0 Å². The lowest BCUT2D eigenvalue weighted by atomic mass is 10.3. The van der Waals surface area contributed by atoms with Crippen molar-refractivity contribution in [3.63, 3.8) is 0 Å². The minimum atomic E-state index is -0.647. The topological polar surface area (TPSA) is 82.3 Å². The summed E-state index contributed by atoms with van der Waals surface area (Å²) in [5.41, 5.74) is 0.151. The Balaban J connectivity index is 3.14. The molecule has 1 aromatic rings. The number of hydrogen-bond acceptors (Lipinski definition) is 5. The fourth-order valence-electron chi connectivity index (χ4n) is 0.789. The average molecular weight is 261 g/mol. The van der Waals surface area contributed by atoms with Crippen LogP contribution in [0.15, 0.2) is 16.7 Å². The van der Waals surface area contributed by atoms with Gasteiger partial charge in [-0.25, -0.2) is 4.79 Å². The molecule has 0 radical (unpaired) electrons. The van der Waals surface area contributed by atoms with Crippen LogP contribution in [-0.4, -0.2) is 23.0 Å². The molecule has 0 aromatic carbocycles. The second kappa shape index (κ2) is 4.14. The summed E-state index contributed by atoms with van der Waals surface area (Å²) >= 11 is 2.94. The molecule has 0 unspecified atom stereocenters. The van der Waals surface area contributed by atoms with Gasteiger partial charge in [-0.3, -0.25) is 0 Å². The zero-order chi connectivity index (χ0) is 10.7. The molecular formula is C7H5BrN2O4. The largest absolute Gasteiger partial charge is 0.465 e. The Morgan fingerprint density at radius 2 is 2.29 bits per heavy atom. The van der Waals surface area contributed by atoms with Gasteiger partial charge in [0.2, 0.25) is 4.60 Å². The highest BCUT2D eigenvalue weighted by molar-refractivity contribution is 9.10. The molecule has 0 amide bonds. The maximum atomic E-state index is 11.1. The second-order valence-corrected chi connectivity index (χ2v) is 3.01. The van der Waals surface area contributed by atoms with E-state index < -0.39 is 10.9 Å². The minimum absolute atomic E-state index is 0.0959. The van der Waals surface area contributed by atoms with Crippen LogP contribution in [-0.2, 0) is 4.74 Å². The summed E-state index contributed by atoms with van der Waals surface area (Å²) in [7, 11) is 1.22. The van der Waals surface area contributed by atoms with Crippen LogP contribution in [0, 0.1) is 10.1 Å². The van der Waals surface area contributed by atoms with Gasteiger partial charge in [0, 0.05) is 22.0 Å². The number of esters is 1. The van der Waals surface area contributed by atoms with Crippen molar-refractivity contribution >= 4 is 27.7 Å². The Labute approximate surface area is 87.2 Å². The minimum Gasteiger partial charge on any atom is -0.465 e. The van der Waals surface area contributed by atoms with Crippen LogP contribution in [0.4, 0.5) is 5.82 Å². The van der Waals surface area contributed by atoms with Crippen LogP contribution in [0.25, 0.3) is 0 Å². The number of carbonyl (C=O) groups excluding carboxylic acids is 1. The first-order valence-electron chi connectivity index (χ1n) is 3.45. The number of nitro groups is 1. The number of carbonyl (C=O) groups is 1. The van der Waals surface area contributed by atoms with Crippen LogP contribution < -0.4 is 0 Å². The standard InChI is InChI=1S/C7H5BrN2O4/c1-14-7(11)4-2-3-5(10(12)13)9-6(4)8/h2-3H,1H3. The van der Waals surface area contributed by atoms with E-state index in [0.717, 1.165) is 6.07 Å². The van der Waals surface area contributed by atoms with Crippen LogP contribution in [0.2, 0.25) is 0 Å². The number of halogens is 1. The SMILES string of the molecule is COC(=O)c1ccc([N+](=O)[O-])nc1Br. The molecule has 14 heavy (non-hydrogen) atoms. The normalized spacial score (nSPS) is 9.57. The predicted octanol–water partition coefficient (Wildman–Crippen LogP) is 1.54. The molecule has 1 aromatic heterocycles. The molecule has 0 atom stereocenters. The summed E-state index contributed by atoms with van der Waals surface area (Å²) < 4.78 is 4.53. The Morgan fingerprint density at radius 3 is 2.71 bits per heavy atom. The summed E-state index contributed by atoms with van der Waals surface area (Å²) in [6.45, 7) is 0. The maximum Gasteiger partial charge on any atom is 0.364 e. The lowest BCUT2D eigenvalue weighted by Gasteiger charge is -1.98.